The van der Waals surface area contributed by atoms with E-state index < -0.39 is 17.1 Å². The van der Waals surface area contributed by atoms with Gasteiger partial charge in [-0.25, -0.2) is 4.79 Å². The number of benzene rings is 2. The summed E-state index contributed by atoms with van der Waals surface area (Å²) in [7, 11) is 0. The van der Waals surface area contributed by atoms with E-state index in [2.05, 4.69) is 15.9 Å². The van der Waals surface area contributed by atoms with Crippen LogP contribution in [0.5, 0.6) is 11.5 Å². The van der Waals surface area contributed by atoms with Gasteiger partial charge in [0.25, 0.3) is 11.1 Å². The summed E-state index contributed by atoms with van der Waals surface area (Å²) >= 11 is 4.24. The third kappa shape index (κ3) is 6.39. The Morgan fingerprint density at radius 3 is 2.53 bits per heavy atom. The number of rotatable bonds is 9. The number of carbonyl (C=O) groups excluding carboxylic acids is 4. The van der Waals surface area contributed by atoms with Gasteiger partial charge in [0, 0.05) is 17.6 Å². The first-order valence-corrected chi connectivity index (χ1v) is 13.8. The van der Waals surface area contributed by atoms with E-state index in [0.29, 0.717) is 41.2 Å². The van der Waals surface area contributed by atoms with Crippen molar-refractivity contribution in [1.82, 2.24) is 9.80 Å². The number of carbonyl (C=O) groups is 4. The molecule has 0 radical (unpaired) electrons. The maximum absolute atomic E-state index is 13.1. The summed E-state index contributed by atoms with van der Waals surface area (Å²) in [5, 5.41) is -0.498. The first-order chi connectivity index (χ1) is 18.3. The Balaban J connectivity index is 1.47. The van der Waals surface area contributed by atoms with Crippen LogP contribution in [-0.2, 0) is 32.1 Å². The maximum Gasteiger partial charge on any atom is 0.344 e. The fraction of sp³-hybridized carbons (Fsp3) is 0.333. The molecule has 1 saturated heterocycles. The van der Waals surface area contributed by atoms with Crippen LogP contribution in [0.3, 0.4) is 0 Å². The Bertz CT molecular complexity index is 1300. The molecule has 2 aromatic carbocycles. The molecule has 0 N–H and O–H groups in total. The van der Waals surface area contributed by atoms with Crippen LogP contribution < -0.4 is 9.47 Å². The monoisotopic (exact) mass is 602 g/mol. The lowest BCUT2D eigenvalue weighted by Gasteiger charge is -2.29. The summed E-state index contributed by atoms with van der Waals surface area (Å²) < 4.78 is 16.7. The number of halogens is 1. The number of imide groups is 1. The molecule has 0 aliphatic carbocycles. The lowest BCUT2D eigenvalue weighted by atomic mass is 10.00. The highest BCUT2D eigenvalue weighted by atomic mass is 79.9. The van der Waals surface area contributed by atoms with Gasteiger partial charge in [0.1, 0.15) is 6.54 Å². The van der Waals surface area contributed by atoms with Crippen LogP contribution in [0.15, 0.2) is 45.8 Å². The van der Waals surface area contributed by atoms with E-state index in [4.69, 9.17) is 14.2 Å². The third-order valence-electron chi connectivity index (χ3n) is 5.95. The topological polar surface area (TPSA) is 102 Å². The standard InChI is InChI=1S/C27H27BrN2O7S/c1-3-35-21-11-19(20(28)13-22(21)37-16-25(32)36-4-2)12-23-26(33)30(27(34)38-23)15-24(31)29-10-9-17-7-5-6-8-18(17)14-29/h5-8,11-13H,3-4,9-10,14-16H2,1-2H3/b23-12-. The maximum atomic E-state index is 13.1. The number of esters is 1. The normalized spacial score (nSPS) is 16.0. The summed E-state index contributed by atoms with van der Waals surface area (Å²) in [5.74, 6) is -0.617. The zero-order valence-corrected chi connectivity index (χ0v) is 23.4. The van der Waals surface area contributed by atoms with Gasteiger partial charge in [-0.15, -0.1) is 0 Å². The van der Waals surface area contributed by atoms with Crippen LogP contribution in [0.2, 0.25) is 0 Å². The van der Waals surface area contributed by atoms with Crippen LogP contribution in [0, 0.1) is 0 Å². The van der Waals surface area contributed by atoms with Crippen molar-refractivity contribution in [2.75, 3.05) is 32.9 Å². The molecular weight excluding hydrogens is 576 g/mol. The van der Waals surface area contributed by atoms with Crippen molar-refractivity contribution in [1.29, 1.82) is 0 Å². The largest absolute Gasteiger partial charge is 0.490 e. The number of thioether (sulfide) groups is 1. The molecule has 0 saturated carbocycles. The summed E-state index contributed by atoms with van der Waals surface area (Å²) in [6.07, 6.45) is 2.30. The first-order valence-electron chi connectivity index (χ1n) is 12.1. The zero-order valence-electron chi connectivity index (χ0n) is 21.0. The molecule has 4 rings (SSSR count). The molecule has 200 valence electrons. The van der Waals surface area contributed by atoms with Crippen molar-refractivity contribution in [3.63, 3.8) is 0 Å². The molecule has 2 aliphatic rings. The van der Waals surface area contributed by atoms with Gasteiger partial charge in [0.05, 0.1) is 18.1 Å². The molecule has 0 unspecified atom stereocenters. The van der Waals surface area contributed by atoms with E-state index in [1.165, 1.54) is 5.56 Å². The molecule has 0 spiro atoms. The quantitative estimate of drug-likeness (QED) is 0.307. The second-order valence-corrected chi connectivity index (χ2v) is 10.3. The van der Waals surface area contributed by atoms with E-state index in [0.717, 1.165) is 28.6 Å². The van der Waals surface area contributed by atoms with Crippen molar-refractivity contribution in [3.05, 3.63) is 62.5 Å². The van der Waals surface area contributed by atoms with E-state index >= 15 is 0 Å². The molecule has 38 heavy (non-hydrogen) atoms. The van der Waals surface area contributed by atoms with Crippen LogP contribution in [0.25, 0.3) is 6.08 Å². The van der Waals surface area contributed by atoms with Crippen molar-refractivity contribution < 1.29 is 33.4 Å². The predicted octanol–water partition coefficient (Wildman–Crippen LogP) is 4.41. The van der Waals surface area contributed by atoms with Crippen molar-refractivity contribution in [2.45, 2.75) is 26.8 Å². The van der Waals surface area contributed by atoms with Gasteiger partial charge in [-0.3, -0.25) is 19.3 Å². The Morgan fingerprint density at radius 1 is 1.05 bits per heavy atom. The van der Waals surface area contributed by atoms with Crippen LogP contribution in [-0.4, -0.2) is 65.7 Å². The van der Waals surface area contributed by atoms with Gasteiger partial charge in [0.2, 0.25) is 5.91 Å². The molecule has 0 aromatic heterocycles. The SMILES string of the molecule is CCOC(=O)COc1cc(Br)c(/C=C2\SC(=O)N(CC(=O)N3CCc4ccccc4C3)C2=O)cc1OCC. The van der Waals surface area contributed by atoms with Crippen LogP contribution in [0.1, 0.15) is 30.5 Å². The number of amides is 3. The minimum atomic E-state index is -0.529. The summed E-state index contributed by atoms with van der Waals surface area (Å²) in [5.41, 5.74) is 2.85. The van der Waals surface area contributed by atoms with Crippen molar-refractivity contribution in [2.24, 2.45) is 0 Å². The summed E-state index contributed by atoms with van der Waals surface area (Å²) in [6, 6.07) is 11.2. The van der Waals surface area contributed by atoms with Crippen LogP contribution >= 0.6 is 27.7 Å². The van der Waals surface area contributed by atoms with E-state index in [-0.39, 0.29) is 30.6 Å². The van der Waals surface area contributed by atoms with E-state index in [1.54, 1.807) is 37.0 Å². The zero-order chi connectivity index (χ0) is 27.2. The Labute approximate surface area is 233 Å². The fourth-order valence-corrected chi connectivity index (χ4v) is 5.37. The second kappa shape index (κ2) is 12.5. The number of ether oxygens (including phenoxy) is 3. The van der Waals surface area contributed by atoms with Crippen molar-refractivity contribution >= 4 is 56.8 Å². The summed E-state index contributed by atoms with van der Waals surface area (Å²) in [4.78, 5) is 53.2. The lowest BCUT2D eigenvalue weighted by Crippen LogP contribution is -2.44. The Kier molecular flexibility index (Phi) is 9.11. The molecule has 2 heterocycles. The second-order valence-electron chi connectivity index (χ2n) is 8.45. The fourth-order valence-electron chi connectivity index (χ4n) is 4.10. The van der Waals surface area contributed by atoms with Crippen molar-refractivity contribution in [3.8, 4) is 11.5 Å². The van der Waals surface area contributed by atoms with Gasteiger partial charge in [-0.05, 0) is 66.9 Å². The molecule has 11 heteroatoms. The Hall–Kier alpha value is -3.31. The number of hydrogen-bond donors (Lipinski definition) is 0. The average molecular weight is 603 g/mol. The van der Waals surface area contributed by atoms with Gasteiger partial charge >= 0.3 is 5.97 Å². The Morgan fingerprint density at radius 2 is 1.79 bits per heavy atom. The third-order valence-corrected chi connectivity index (χ3v) is 7.54. The predicted molar refractivity (Wildman–Crippen MR) is 146 cm³/mol. The molecular formula is C27H27BrN2O7S. The molecule has 1 fully saturated rings. The smallest absolute Gasteiger partial charge is 0.344 e. The van der Waals surface area contributed by atoms with Gasteiger partial charge in [0.15, 0.2) is 18.1 Å². The molecule has 9 nitrogen and oxygen atoms in total. The first kappa shape index (κ1) is 27.7. The van der Waals surface area contributed by atoms with E-state index in [1.807, 2.05) is 24.3 Å². The molecule has 0 atom stereocenters. The minimum absolute atomic E-state index is 0.190. The highest BCUT2D eigenvalue weighted by molar-refractivity contribution is 9.10. The van der Waals surface area contributed by atoms with Gasteiger partial charge < -0.3 is 19.1 Å². The minimum Gasteiger partial charge on any atom is -0.490 e. The highest BCUT2D eigenvalue weighted by Gasteiger charge is 2.37. The number of hydrogen-bond acceptors (Lipinski definition) is 8. The van der Waals surface area contributed by atoms with Gasteiger partial charge in [-0.2, -0.15) is 0 Å². The molecule has 2 aromatic rings. The number of fused-ring (bicyclic) bond motifs is 1. The number of nitrogens with zero attached hydrogens (tertiary/aromatic N) is 2. The average Bonchev–Trinajstić information content (AvgIpc) is 3.16. The molecule has 2 aliphatic heterocycles. The highest BCUT2D eigenvalue weighted by Crippen LogP contribution is 2.38. The molecule has 3 amide bonds. The van der Waals surface area contributed by atoms with E-state index in [9.17, 15) is 19.2 Å². The van der Waals surface area contributed by atoms with Crippen LogP contribution in [0.4, 0.5) is 4.79 Å². The van der Waals surface area contributed by atoms with Gasteiger partial charge in [-0.1, -0.05) is 40.2 Å². The summed E-state index contributed by atoms with van der Waals surface area (Å²) in [6.45, 7) is 4.51. The molecule has 0 bridgehead atoms. The lowest BCUT2D eigenvalue weighted by molar-refractivity contribution is -0.145.